The first-order valence-corrected chi connectivity index (χ1v) is 7.93. The monoisotopic (exact) mass is 321 g/mol. The van der Waals surface area contributed by atoms with Gasteiger partial charge in [0.2, 0.25) is 11.7 Å². The molecule has 8 heteroatoms. The SMILES string of the molecule is CN(C)C(=O)[C@@H]1CO[C@@H]2CCN(C(=O)c3ncn(C)n3)C[C@@H]2C1. The number of carbonyl (C=O) groups is 2. The smallest absolute Gasteiger partial charge is 0.293 e. The molecule has 126 valence electrons. The molecule has 3 heterocycles. The van der Waals surface area contributed by atoms with Crippen LogP contribution in [0.5, 0.6) is 0 Å². The standard InChI is InChI=1S/C15H23N5O3/c1-18(2)14(21)11-6-10-7-20(5-4-12(10)23-8-11)15(22)13-16-9-19(3)17-13/h9-12H,4-8H2,1-3H3/t10-,11-,12+/m0/s1. The summed E-state index contributed by atoms with van der Waals surface area (Å²) in [6.45, 7) is 1.72. The largest absolute Gasteiger partial charge is 0.377 e. The van der Waals surface area contributed by atoms with Crippen molar-refractivity contribution in [2.75, 3.05) is 33.8 Å². The third-order valence-electron chi connectivity index (χ3n) is 4.63. The summed E-state index contributed by atoms with van der Waals surface area (Å²) in [4.78, 5) is 32.1. The van der Waals surface area contributed by atoms with Crippen LogP contribution in [0.3, 0.4) is 0 Å². The molecule has 2 fully saturated rings. The number of amides is 2. The average molecular weight is 321 g/mol. The maximum atomic E-state index is 12.5. The Morgan fingerprint density at radius 2 is 2.17 bits per heavy atom. The van der Waals surface area contributed by atoms with Gasteiger partial charge in [0.1, 0.15) is 6.33 Å². The summed E-state index contributed by atoms with van der Waals surface area (Å²) < 4.78 is 7.41. The number of fused-ring (bicyclic) bond motifs is 1. The normalized spacial score (nSPS) is 27.4. The van der Waals surface area contributed by atoms with E-state index in [1.807, 2.05) is 0 Å². The Morgan fingerprint density at radius 1 is 1.39 bits per heavy atom. The Kier molecular flexibility index (Phi) is 4.34. The molecule has 1 aromatic heterocycles. The van der Waals surface area contributed by atoms with Gasteiger partial charge < -0.3 is 14.5 Å². The molecule has 0 radical (unpaired) electrons. The number of aryl methyl sites for hydroxylation is 1. The van der Waals surface area contributed by atoms with Crippen LogP contribution in [0.25, 0.3) is 0 Å². The van der Waals surface area contributed by atoms with Crippen molar-refractivity contribution in [3.63, 3.8) is 0 Å². The van der Waals surface area contributed by atoms with Crippen LogP contribution in [0.1, 0.15) is 23.5 Å². The van der Waals surface area contributed by atoms with Crippen LogP contribution in [-0.4, -0.2) is 76.3 Å². The highest BCUT2D eigenvalue weighted by Gasteiger charge is 2.40. The van der Waals surface area contributed by atoms with Crippen LogP contribution in [0.2, 0.25) is 0 Å². The lowest BCUT2D eigenvalue weighted by Gasteiger charge is -2.43. The lowest BCUT2D eigenvalue weighted by Crippen LogP contribution is -2.51. The van der Waals surface area contributed by atoms with Gasteiger partial charge in [0.05, 0.1) is 18.6 Å². The van der Waals surface area contributed by atoms with E-state index in [0.717, 1.165) is 12.8 Å². The lowest BCUT2D eigenvalue weighted by atomic mass is 9.83. The van der Waals surface area contributed by atoms with Crippen molar-refractivity contribution in [2.24, 2.45) is 18.9 Å². The molecule has 1 aromatic rings. The number of hydrogen-bond donors (Lipinski definition) is 0. The Labute approximate surface area is 135 Å². The number of aromatic nitrogens is 3. The van der Waals surface area contributed by atoms with E-state index < -0.39 is 0 Å². The summed E-state index contributed by atoms with van der Waals surface area (Å²) in [6.07, 6.45) is 3.23. The average Bonchev–Trinajstić information content (AvgIpc) is 2.98. The number of piperidine rings is 1. The predicted molar refractivity (Wildman–Crippen MR) is 81.6 cm³/mol. The van der Waals surface area contributed by atoms with Crippen LogP contribution in [0.15, 0.2) is 6.33 Å². The van der Waals surface area contributed by atoms with Crippen LogP contribution >= 0.6 is 0 Å². The van der Waals surface area contributed by atoms with Crippen molar-refractivity contribution in [1.82, 2.24) is 24.6 Å². The van der Waals surface area contributed by atoms with Gasteiger partial charge in [0.25, 0.3) is 5.91 Å². The number of likely N-dealkylation sites (tertiary alicyclic amines) is 1. The van der Waals surface area contributed by atoms with E-state index >= 15 is 0 Å². The highest BCUT2D eigenvalue weighted by atomic mass is 16.5. The van der Waals surface area contributed by atoms with Crippen molar-refractivity contribution in [2.45, 2.75) is 18.9 Å². The minimum absolute atomic E-state index is 0.0956. The minimum atomic E-state index is -0.148. The fourth-order valence-corrected chi connectivity index (χ4v) is 3.43. The zero-order valence-corrected chi connectivity index (χ0v) is 13.8. The molecule has 0 N–H and O–H groups in total. The van der Waals surface area contributed by atoms with E-state index in [9.17, 15) is 9.59 Å². The Morgan fingerprint density at radius 3 is 2.83 bits per heavy atom. The second-order valence-electron chi connectivity index (χ2n) is 6.58. The third kappa shape index (κ3) is 3.21. The van der Waals surface area contributed by atoms with Crippen molar-refractivity contribution in [3.05, 3.63) is 12.2 Å². The fourth-order valence-electron chi connectivity index (χ4n) is 3.43. The number of rotatable bonds is 2. The summed E-state index contributed by atoms with van der Waals surface area (Å²) in [6, 6.07) is 0. The lowest BCUT2D eigenvalue weighted by molar-refractivity contribution is -0.145. The Balaban J connectivity index is 1.65. The fraction of sp³-hybridized carbons (Fsp3) is 0.733. The van der Waals surface area contributed by atoms with Gasteiger partial charge in [-0.25, -0.2) is 4.98 Å². The summed E-state index contributed by atoms with van der Waals surface area (Å²) in [5.74, 6) is 0.250. The molecule has 0 bridgehead atoms. The number of carbonyl (C=O) groups excluding carboxylic acids is 2. The Bertz CT molecular complexity index is 600. The van der Waals surface area contributed by atoms with E-state index in [1.54, 1.807) is 30.9 Å². The number of nitrogens with zero attached hydrogens (tertiary/aromatic N) is 5. The Hall–Kier alpha value is -1.96. The molecule has 2 aliphatic rings. The third-order valence-corrected chi connectivity index (χ3v) is 4.63. The van der Waals surface area contributed by atoms with Gasteiger partial charge in [-0.05, 0) is 12.8 Å². The summed E-state index contributed by atoms with van der Waals surface area (Å²) >= 11 is 0. The zero-order valence-electron chi connectivity index (χ0n) is 13.8. The van der Waals surface area contributed by atoms with Crippen molar-refractivity contribution >= 4 is 11.8 Å². The molecule has 23 heavy (non-hydrogen) atoms. The first kappa shape index (κ1) is 15.9. The molecule has 8 nitrogen and oxygen atoms in total. The predicted octanol–water partition coefficient (Wildman–Crippen LogP) is -0.229. The minimum Gasteiger partial charge on any atom is -0.377 e. The van der Waals surface area contributed by atoms with E-state index in [2.05, 4.69) is 10.1 Å². The van der Waals surface area contributed by atoms with Gasteiger partial charge in [0.15, 0.2) is 0 Å². The van der Waals surface area contributed by atoms with Gasteiger partial charge in [-0.1, -0.05) is 0 Å². The summed E-state index contributed by atoms with van der Waals surface area (Å²) in [5, 5.41) is 4.08. The van der Waals surface area contributed by atoms with Crippen molar-refractivity contribution in [3.8, 4) is 0 Å². The first-order chi connectivity index (χ1) is 11.0. The number of ether oxygens (including phenoxy) is 1. The highest BCUT2D eigenvalue weighted by molar-refractivity contribution is 5.90. The molecular weight excluding hydrogens is 298 g/mol. The van der Waals surface area contributed by atoms with Crippen molar-refractivity contribution in [1.29, 1.82) is 0 Å². The highest BCUT2D eigenvalue weighted by Crippen LogP contribution is 2.32. The molecule has 0 aromatic carbocycles. The van der Waals surface area contributed by atoms with Crippen LogP contribution in [0.4, 0.5) is 0 Å². The van der Waals surface area contributed by atoms with Crippen LogP contribution < -0.4 is 0 Å². The molecule has 3 rings (SSSR count). The molecule has 0 saturated carbocycles. The summed E-state index contributed by atoms with van der Waals surface area (Å²) in [7, 11) is 5.26. The van der Waals surface area contributed by atoms with Crippen LogP contribution in [-0.2, 0) is 16.6 Å². The quantitative estimate of drug-likeness (QED) is 0.752. The molecule has 0 unspecified atom stereocenters. The molecule has 0 spiro atoms. The van der Waals surface area contributed by atoms with Gasteiger partial charge >= 0.3 is 0 Å². The van der Waals surface area contributed by atoms with Gasteiger partial charge in [-0.3, -0.25) is 14.3 Å². The van der Waals surface area contributed by atoms with Gasteiger partial charge in [-0.15, -0.1) is 5.10 Å². The zero-order chi connectivity index (χ0) is 16.6. The van der Waals surface area contributed by atoms with E-state index in [4.69, 9.17) is 4.74 Å². The molecule has 3 atom stereocenters. The van der Waals surface area contributed by atoms with Gasteiger partial charge in [0, 0.05) is 40.2 Å². The van der Waals surface area contributed by atoms with Crippen molar-refractivity contribution < 1.29 is 14.3 Å². The molecule has 2 aliphatic heterocycles. The molecule has 2 amide bonds. The topological polar surface area (TPSA) is 80.6 Å². The van der Waals surface area contributed by atoms with E-state index in [0.29, 0.717) is 19.7 Å². The first-order valence-electron chi connectivity index (χ1n) is 7.93. The second kappa shape index (κ2) is 6.27. The number of hydrogen-bond acceptors (Lipinski definition) is 5. The van der Waals surface area contributed by atoms with Crippen LogP contribution in [0, 0.1) is 11.8 Å². The summed E-state index contributed by atoms with van der Waals surface area (Å²) in [5.41, 5.74) is 0. The maximum absolute atomic E-state index is 12.5. The molecule has 0 aliphatic carbocycles. The van der Waals surface area contributed by atoms with Gasteiger partial charge in [-0.2, -0.15) is 0 Å². The maximum Gasteiger partial charge on any atom is 0.293 e. The second-order valence-corrected chi connectivity index (χ2v) is 6.58. The molecule has 2 saturated heterocycles. The van der Waals surface area contributed by atoms with E-state index in [-0.39, 0.29) is 35.6 Å². The van der Waals surface area contributed by atoms with E-state index in [1.165, 1.54) is 11.0 Å². The molecular formula is C15H23N5O3.